The van der Waals surface area contributed by atoms with Gasteiger partial charge in [0.1, 0.15) is 0 Å². The molecule has 0 aliphatic carbocycles. The van der Waals surface area contributed by atoms with Crippen molar-refractivity contribution in [3.05, 3.63) is 42.0 Å². The van der Waals surface area contributed by atoms with Crippen LogP contribution in [0, 0.1) is 6.58 Å². The van der Waals surface area contributed by atoms with Gasteiger partial charge in [-0.15, -0.1) is 0 Å². The molecule has 1 radical (unpaired) electrons. The quantitative estimate of drug-likeness (QED) is 0.593. The van der Waals surface area contributed by atoms with E-state index in [-0.39, 0.29) is 0 Å². The molecule has 0 N–H and O–H groups in total. The fourth-order valence-corrected chi connectivity index (χ4v) is 1.37. The third-order valence-electron chi connectivity index (χ3n) is 2.24. The highest BCUT2D eigenvalue weighted by Gasteiger charge is 1.92. The number of unbranched alkanes of at least 4 members (excludes halogenated alkanes) is 2. The van der Waals surface area contributed by atoms with Gasteiger partial charge in [-0.05, 0) is 24.0 Å². The highest BCUT2D eigenvalue weighted by molar-refractivity contribution is 5.45. The van der Waals surface area contributed by atoms with Crippen LogP contribution < -0.4 is 0 Å². The second-order valence-electron chi connectivity index (χ2n) is 3.37. The van der Waals surface area contributed by atoms with E-state index in [1.54, 1.807) is 6.08 Å². The SMILES string of the molecule is [CH]=Cc1ccc(CCCCC)cc1. The normalized spacial score (nSPS) is 9.92. The van der Waals surface area contributed by atoms with E-state index >= 15 is 0 Å². The summed E-state index contributed by atoms with van der Waals surface area (Å²) in [4.78, 5) is 0. The third-order valence-corrected chi connectivity index (χ3v) is 2.24. The first kappa shape index (κ1) is 10.0. The number of hydrogen-bond acceptors (Lipinski definition) is 0. The van der Waals surface area contributed by atoms with Gasteiger partial charge in [0, 0.05) is 0 Å². The molecule has 0 aliphatic heterocycles. The fourth-order valence-electron chi connectivity index (χ4n) is 1.37. The second-order valence-corrected chi connectivity index (χ2v) is 3.37. The van der Waals surface area contributed by atoms with Gasteiger partial charge in [0.15, 0.2) is 0 Å². The van der Waals surface area contributed by atoms with Crippen molar-refractivity contribution in [1.29, 1.82) is 0 Å². The molecule has 0 heterocycles. The summed E-state index contributed by atoms with van der Waals surface area (Å²) >= 11 is 0. The smallest absolute Gasteiger partial charge is 0.0256 e. The molecule has 0 aromatic heterocycles. The van der Waals surface area contributed by atoms with E-state index in [0.717, 1.165) is 5.56 Å². The van der Waals surface area contributed by atoms with Crippen molar-refractivity contribution in [2.24, 2.45) is 0 Å². The molecule has 0 amide bonds. The average molecular weight is 173 g/mol. The van der Waals surface area contributed by atoms with E-state index in [9.17, 15) is 0 Å². The third kappa shape index (κ3) is 3.45. The van der Waals surface area contributed by atoms with Gasteiger partial charge in [0.2, 0.25) is 0 Å². The van der Waals surface area contributed by atoms with E-state index in [1.165, 1.54) is 31.2 Å². The first-order chi connectivity index (χ1) is 6.36. The summed E-state index contributed by atoms with van der Waals surface area (Å²) in [6.07, 6.45) is 6.73. The Morgan fingerprint density at radius 2 is 1.85 bits per heavy atom. The minimum absolute atomic E-state index is 1.10. The molecular weight excluding hydrogens is 156 g/mol. The van der Waals surface area contributed by atoms with Crippen molar-refractivity contribution < 1.29 is 0 Å². The molecule has 0 nitrogen and oxygen atoms in total. The Bertz CT molecular complexity index is 243. The van der Waals surface area contributed by atoms with Crippen molar-refractivity contribution >= 4 is 6.08 Å². The molecule has 1 rings (SSSR count). The van der Waals surface area contributed by atoms with Crippen molar-refractivity contribution in [2.75, 3.05) is 0 Å². The van der Waals surface area contributed by atoms with Crippen LogP contribution in [-0.2, 0) is 6.42 Å². The maximum Gasteiger partial charge on any atom is -0.0256 e. The lowest BCUT2D eigenvalue weighted by Gasteiger charge is -2.00. The molecule has 1 aromatic carbocycles. The van der Waals surface area contributed by atoms with Crippen LogP contribution in [0.25, 0.3) is 6.08 Å². The zero-order chi connectivity index (χ0) is 9.52. The van der Waals surface area contributed by atoms with Crippen LogP contribution in [0.4, 0.5) is 0 Å². The highest BCUT2D eigenvalue weighted by atomic mass is 14.0. The molecule has 0 heteroatoms. The molecule has 0 atom stereocenters. The van der Waals surface area contributed by atoms with Gasteiger partial charge in [-0.25, -0.2) is 0 Å². The summed E-state index contributed by atoms with van der Waals surface area (Å²) < 4.78 is 0. The Balaban J connectivity index is 2.44. The van der Waals surface area contributed by atoms with Crippen LogP contribution in [0.1, 0.15) is 37.3 Å². The largest absolute Gasteiger partial charge is 0.0654 e. The Hall–Kier alpha value is -1.04. The van der Waals surface area contributed by atoms with E-state index in [2.05, 4.69) is 31.2 Å². The standard InChI is InChI=1S/C13H17/c1-3-5-6-7-13-10-8-12(4-2)9-11-13/h2,4,8-11H,3,5-7H2,1H3. The topological polar surface area (TPSA) is 0 Å². The van der Waals surface area contributed by atoms with Gasteiger partial charge in [-0.2, -0.15) is 0 Å². The Labute approximate surface area is 81.3 Å². The summed E-state index contributed by atoms with van der Waals surface area (Å²) in [7, 11) is 0. The number of benzene rings is 1. The Morgan fingerprint density at radius 1 is 1.15 bits per heavy atom. The molecule has 13 heavy (non-hydrogen) atoms. The fraction of sp³-hybridized carbons (Fsp3) is 0.385. The zero-order valence-electron chi connectivity index (χ0n) is 8.29. The lowest BCUT2D eigenvalue weighted by atomic mass is 10.1. The number of hydrogen-bond donors (Lipinski definition) is 0. The Kier molecular flexibility index (Phi) is 4.31. The molecule has 0 fully saturated rings. The molecule has 1 aromatic rings. The summed E-state index contributed by atoms with van der Waals surface area (Å²) in [6, 6.07) is 8.46. The predicted molar refractivity (Wildman–Crippen MR) is 58.4 cm³/mol. The second kappa shape index (κ2) is 5.58. The summed E-state index contributed by atoms with van der Waals surface area (Å²) in [5.41, 5.74) is 2.51. The van der Waals surface area contributed by atoms with E-state index in [4.69, 9.17) is 6.58 Å². The minimum atomic E-state index is 1.10. The average Bonchev–Trinajstić information content (AvgIpc) is 2.19. The molecular formula is C13H17. The molecule has 0 bridgehead atoms. The van der Waals surface area contributed by atoms with Crippen molar-refractivity contribution in [3.63, 3.8) is 0 Å². The summed E-state index contributed by atoms with van der Waals surface area (Å²) in [5.74, 6) is 0. The number of rotatable bonds is 5. The zero-order valence-corrected chi connectivity index (χ0v) is 8.29. The first-order valence-corrected chi connectivity index (χ1v) is 5.00. The Morgan fingerprint density at radius 3 is 2.38 bits per heavy atom. The van der Waals surface area contributed by atoms with Crippen LogP contribution >= 0.6 is 0 Å². The van der Waals surface area contributed by atoms with Gasteiger partial charge < -0.3 is 0 Å². The number of aryl methyl sites for hydroxylation is 1. The highest BCUT2D eigenvalue weighted by Crippen LogP contribution is 2.09. The van der Waals surface area contributed by atoms with Crippen molar-refractivity contribution in [3.8, 4) is 0 Å². The minimum Gasteiger partial charge on any atom is -0.0654 e. The van der Waals surface area contributed by atoms with Crippen LogP contribution in [0.2, 0.25) is 0 Å². The van der Waals surface area contributed by atoms with Crippen molar-refractivity contribution in [1.82, 2.24) is 0 Å². The van der Waals surface area contributed by atoms with Crippen LogP contribution in [0.15, 0.2) is 24.3 Å². The van der Waals surface area contributed by atoms with Gasteiger partial charge in [0.25, 0.3) is 0 Å². The maximum absolute atomic E-state index is 5.40. The maximum atomic E-state index is 5.40. The lowest BCUT2D eigenvalue weighted by molar-refractivity contribution is 0.717. The molecule has 0 unspecified atom stereocenters. The van der Waals surface area contributed by atoms with Crippen LogP contribution in [0.3, 0.4) is 0 Å². The molecule has 69 valence electrons. The predicted octanol–water partition coefficient (Wildman–Crippen LogP) is 3.87. The van der Waals surface area contributed by atoms with Crippen LogP contribution in [-0.4, -0.2) is 0 Å². The summed E-state index contributed by atoms with van der Waals surface area (Å²) in [6.45, 7) is 7.63. The lowest BCUT2D eigenvalue weighted by Crippen LogP contribution is -1.84. The summed E-state index contributed by atoms with van der Waals surface area (Å²) in [5, 5.41) is 0. The monoisotopic (exact) mass is 173 g/mol. The molecule has 0 saturated carbocycles. The molecule has 0 spiro atoms. The molecule has 0 aliphatic rings. The van der Waals surface area contributed by atoms with E-state index < -0.39 is 0 Å². The van der Waals surface area contributed by atoms with E-state index in [1.807, 2.05) is 0 Å². The van der Waals surface area contributed by atoms with Crippen molar-refractivity contribution in [2.45, 2.75) is 32.6 Å². The van der Waals surface area contributed by atoms with Crippen LogP contribution in [0.5, 0.6) is 0 Å². The van der Waals surface area contributed by atoms with Gasteiger partial charge in [0.05, 0.1) is 0 Å². The van der Waals surface area contributed by atoms with Gasteiger partial charge >= 0.3 is 0 Å². The first-order valence-electron chi connectivity index (χ1n) is 5.00. The van der Waals surface area contributed by atoms with Gasteiger partial charge in [-0.1, -0.05) is 56.7 Å². The van der Waals surface area contributed by atoms with Gasteiger partial charge in [-0.3, -0.25) is 0 Å². The molecule has 0 saturated heterocycles. The van der Waals surface area contributed by atoms with E-state index in [0.29, 0.717) is 0 Å².